The Bertz CT molecular complexity index is 998. The highest BCUT2D eigenvalue weighted by Crippen LogP contribution is 2.35. The number of hydrogen-bond donors (Lipinski definition) is 1. The maximum absolute atomic E-state index is 12.4. The lowest BCUT2D eigenvalue weighted by Gasteiger charge is -2.39. The van der Waals surface area contributed by atoms with Crippen LogP contribution < -0.4 is 10.1 Å². The first-order valence-electron chi connectivity index (χ1n) is 12.0. The van der Waals surface area contributed by atoms with Gasteiger partial charge in [-0.15, -0.1) is 0 Å². The molecule has 1 amide bonds. The maximum Gasteiger partial charge on any atom is 0.225 e. The second kappa shape index (κ2) is 8.37. The number of hydrogen-bond acceptors (Lipinski definition) is 5. The summed E-state index contributed by atoms with van der Waals surface area (Å²) in [4.78, 5) is 17.0. The van der Waals surface area contributed by atoms with Crippen molar-refractivity contribution in [2.45, 2.75) is 37.8 Å². The molecule has 2 atom stereocenters. The number of aromatic nitrogens is 1. The number of nitrogens with zero attached hydrogens (tertiary/aromatic N) is 4. The number of nitrogens with one attached hydrogen (secondary N) is 1. The monoisotopic (exact) mass is 433 g/mol. The van der Waals surface area contributed by atoms with E-state index in [1.807, 2.05) is 10.9 Å². The summed E-state index contributed by atoms with van der Waals surface area (Å²) >= 11 is 0. The molecule has 168 valence electrons. The third kappa shape index (κ3) is 3.95. The van der Waals surface area contributed by atoms with Crippen LogP contribution in [-0.4, -0.2) is 72.0 Å². The van der Waals surface area contributed by atoms with Crippen molar-refractivity contribution in [1.82, 2.24) is 19.8 Å². The topological polar surface area (TPSA) is 62.1 Å². The first-order chi connectivity index (χ1) is 15.7. The minimum Gasteiger partial charge on any atom is -0.492 e. The second-order valence-corrected chi connectivity index (χ2v) is 9.46. The molecule has 2 aromatic rings. The fourth-order valence-electron chi connectivity index (χ4n) is 4.94. The van der Waals surface area contributed by atoms with Crippen molar-refractivity contribution in [3.63, 3.8) is 0 Å². The largest absolute Gasteiger partial charge is 0.492 e. The highest BCUT2D eigenvalue weighted by atomic mass is 16.5. The molecule has 1 saturated carbocycles. The number of piperazine rings is 1. The van der Waals surface area contributed by atoms with E-state index < -0.39 is 0 Å². The molecular formula is C25H31N5O2. The van der Waals surface area contributed by atoms with Crippen LogP contribution in [0.2, 0.25) is 0 Å². The average molecular weight is 434 g/mol. The fourth-order valence-corrected chi connectivity index (χ4v) is 4.94. The standard InChI is InChI=1S/C25H31N5O2/c31-25(19-1-2-19)29-13-11-28(12-14-29)23-8-10-27-30-16-20(15-24(23)30)18-3-5-22(6-4-18)32-17-21-7-9-26-21/h3-6,10,15-16,19,21,23,26H,1-2,7-9,11-14,17H2. The Labute approximate surface area is 189 Å². The van der Waals surface area contributed by atoms with E-state index in [-0.39, 0.29) is 0 Å². The molecule has 4 aliphatic rings. The third-order valence-electron chi connectivity index (χ3n) is 7.26. The number of carbonyl (C=O) groups is 1. The van der Waals surface area contributed by atoms with Crippen molar-refractivity contribution < 1.29 is 9.53 Å². The molecule has 4 heterocycles. The van der Waals surface area contributed by atoms with Gasteiger partial charge in [0.2, 0.25) is 5.91 Å². The SMILES string of the molecule is O=C(C1CC1)N1CCN(C2CC=Nn3cc(-c4ccc(OCC5CCN5)cc4)cc32)CC1. The van der Waals surface area contributed by atoms with Crippen molar-refractivity contribution in [3.05, 3.63) is 42.2 Å². The highest BCUT2D eigenvalue weighted by Gasteiger charge is 2.36. The Morgan fingerprint density at radius 2 is 1.84 bits per heavy atom. The van der Waals surface area contributed by atoms with Gasteiger partial charge in [-0.3, -0.25) is 9.69 Å². The van der Waals surface area contributed by atoms with Crippen LogP contribution in [0.3, 0.4) is 0 Å². The van der Waals surface area contributed by atoms with Gasteiger partial charge in [0.15, 0.2) is 0 Å². The molecule has 1 aliphatic carbocycles. The van der Waals surface area contributed by atoms with Gasteiger partial charge >= 0.3 is 0 Å². The molecular weight excluding hydrogens is 402 g/mol. The number of fused-ring (bicyclic) bond motifs is 1. The first kappa shape index (κ1) is 20.0. The lowest BCUT2D eigenvalue weighted by atomic mass is 10.0. The molecule has 1 aromatic heterocycles. The average Bonchev–Trinajstić information content (AvgIpc) is 3.56. The van der Waals surface area contributed by atoms with E-state index in [9.17, 15) is 4.79 Å². The number of rotatable bonds is 6. The molecule has 7 nitrogen and oxygen atoms in total. The number of carbonyl (C=O) groups excluding carboxylic acids is 1. The molecule has 3 aliphatic heterocycles. The molecule has 2 unspecified atom stereocenters. The Morgan fingerprint density at radius 3 is 2.53 bits per heavy atom. The molecule has 7 heteroatoms. The van der Waals surface area contributed by atoms with Crippen LogP contribution in [0.1, 0.15) is 37.4 Å². The van der Waals surface area contributed by atoms with E-state index in [0.717, 1.165) is 64.3 Å². The Morgan fingerprint density at radius 1 is 1.06 bits per heavy atom. The Kier molecular flexibility index (Phi) is 5.23. The molecule has 1 N–H and O–H groups in total. The fraction of sp³-hybridized carbons (Fsp3) is 0.520. The van der Waals surface area contributed by atoms with E-state index in [0.29, 0.717) is 23.9 Å². The first-order valence-corrected chi connectivity index (χ1v) is 12.0. The third-order valence-corrected chi connectivity index (χ3v) is 7.26. The lowest BCUT2D eigenvalue weighted by molar-refractivity contribution is -0.134. The predicted molar refractivity (Wildman–Crippen MR) is 124 cm³/mol. The minimum atomic E-state index is 0.315. The van der Waals surface area contributed by atoms with Crippen molar-refractivity contribution in [3.8, 4) is 16.9 Å². The molecule has 6 rings (SSSR count). The van der Waals surface area contributed by atoms with Gasteiger partial charge in [0.25, 0.3) is 0 Å². The summed E-state index contributed by atoms with van der Waals surface area (Å²) in [5, 5.41) is 7.97. The van der Waals surface area contributed by atoms with E-state index in [4.69, 9.17) is 4.74 Å². The summed E-state index contributed by atoms with van der Waals surface area (Å²) in [5.41, 5.74) is 3.59. The molecule has 1 aromatic carbocycles. The quantitative estimate of drug-likeness (QED) is 0.761. The number of benzene rings is 1. The maximum atomic E-state index is 12.4. The Balaban J connectivity index is 1.12. The molecule has 32 heavy (non-hydrogen) atoms. The predicted octanol–water partition coefficient (Wildman–Crippen LogP) is 2.73. The molecule has 3 fully saturated rings. The van der Waals surface area contributed by atoms with Crippen molar-refractivity contribution >= 4 is 12.1 Å². The molecule has 2 saturated heterocycles. The van der Waals surface area contributed by atoms with Crippen LogP contribution >= 0.6 is 0 Å². The number of amides is 1. The van der Waals surface area contributed by atoms with Gasteiger partial charge in [-0.1, -0.05) is 12.1 Å². The van der Waals surface area contributed by atoms with Crippen molar-refractivity contribution in [2.24, 2.45) is 11.0 Å². The second-order valence-electron chi connectivity index (χ2n) is 9.46. The van der Waals surface area contributed by atoms with Crippen LogP contribution in [0, 0.1) is 5.92 Å². The van der Waals surface area contributed by atoms with Gasteiger partial charge in [-0.2, -0.15) is 5.10 Å². The van der Waals surface area contributed by atoms with Crippen LogP contribution in [0.25, 0.3) is 11.1 Å². The van der Waals surface area contributed by atoms with Gasteiger partial charge in [0.1, 0.15) is 12.4 Å². The van der Waals surface area contributed by atoms with Crippen molar-refractivity contribution in [2.75, 3.05) is 39.3 Å². The minimum absolute atomic E-state index is 0.315. The van der Waals surface area contributed by atoms with Crippen LogP contribution in [0.15, 0.2) is 41.6 Å². The zero-order valence-corrected chi connectivity index (χ0v) is 18.4. The van der Waals surface area contributed by atoms with Gasteiger partial charge in [-0.25, -0.2) is 4.68 Å². The summed E-state index contributed by atoms with van der Waals surface area (Å²) in [6.07, 6.45) is 8.43. The summed E-state index contributed by atoms with van der Waals surface area (Å²) in [5.74, 6) is 1.60. The van der Waals surface area contributed by atoms with E-state index in [2.05, 4.69) is 56.7 Å². The summed E-state index contributed by atoms with van der Waals surface area (Å²) in [6, 6.07) is 11.5. The Hall–Kier alpha value is -2.64. The summed E-state index contributed by atoms with van der Waals surface area (Å²) in [6.45, 7) is 5.38. The summed E-state index contributed by atoms with van der Waals surface area (Å²) < 4.78 is 7.92. The van der Waals surface area contributed by atoms with E-state index in [1.54, 1.807) is 0 Å². The normalized spacial score (nSPS) is 25.3. The van der Waals surface area contributed by atoms with Gasteiger partial charge in [0, 0.05) is 62.5 Å². The van der Waals surface area contributed by atoms with Gasteiger partial charge in [-0.05, 0) is 49.6 Å². The van der Waals surface area contributed by atoms with Crippen LogP contribution in [0.5, 0.6) is 5.75 Å². The smallest absolute Gasteiger partial charge is 0.225 e. The van der Waals surface area contributed by atoms with Crippen LogP contribution in [-0.2, 0) is 4.79 Å². The zero-order valence-electron chi connectivity index (χ0n) is 18.4. The van der Waals surface area contributed by atoms with Gasteiger partial charge in [0.05, 0.1) is 11.7 Å². The lowest BCUT2D eigenvalue weighted by Crippen LogP contribution is -2.50. The number of ether oxygens (including phenoxy) is 1. The molecule has 0 radical (unpaired) electrons. The molecule has 0 bridgehead atoms. The highest BCUT2D eigenvalue weighted by molar-refractivity contribution is 5.81. The van der Waals surface area contributed by atoms with E-state index in [1.165, 1.54) is 23.2 Å². The zero-order chi connectivity index (χ0) is 21.5. The molecule has 0 spiro atoms. The van der Waals surface area contributed by atoms with E-state index >= 15 is 0 Å². The van der Waals surface area contributed by atoms with Crippen molar-refractivity contribution in [1.29, 1.82) is 0 Å². The van der Waals surface area contributed by atoms with Crippen LogP contribution in [0.4, 0.5) is 0 Å². The van der Waals surface area contributed by atoms with Gasteiger partial charge < -0.3 is 15.0 Å². The summed E-state index contributed by atoms with van der Waals surface area (Å²) in [7, 11) is 0.